The summed E-state index contributed by atoms with van der Waals surface area (Å²) in [7, 11) is 2.52. The summed E-state index contributed by atoms with van der Waals surface area (Å²) in [5, 5.41) is 0. The fourth-order valence-corrected chi connectivity index (χ4v) is 4.15. The van der Waals surface area contributed by atoms with Gasteiger partial charge in [-0.05, 0) is 31.8 Å². The fraction of sp³-hybridized carbons (Fsp3) is 0.615. The van der Waals surface area contributed by atoms with Gasteiger partial charge >= 0.3 is 23.9 Å². The molecule has 2 aliphatic rings. The van der Waals surface area contributed by atoms with Crippen molar-refractivity contribution in [2.24, 2.45) is 5.92 Å². The zero-order chi connectivity index (χ0) is 26.3. The molecule has 0 N–H and O–H groups in total. The lowest BCUT2D eigenvalue weighted by atomic mass is 9.89. The Balaban J connectivity index is 2.60. The molecular formula is C26H36O9. The minimum Gasteiger partial charge on any atom is -0.466 e. The number of hydrogen-bond donors (Lipinski definition) is 0. The molecule has 1 aliphatic heterocycles. The summed E-state index contributed by atoms with van der Waals surface area (Å²) in [4.78, 5) is 48.8. The molecule has 9 nitrogen and oxygen atoms in total. The number of rotatable bonds is 5. The van der Waals surface area contributed by atoms with Crippen LogP contribution in [0.25, 0.3) is 0 Å². The number of hydrogen-bond acceptors (Lipinski definition) is 9. The summed E-state index contributed by atoms with van der Waals surface area (Å²) in [5.74, 6) is -2.11. The standard InChI is InChI=1S/C26H36O9/c1-15(2)19-12-22(34-17(4)28)21(25(30)32-7)10-8-9-18(24(29)31-6)11-20(33-16(3)27)14-26(5)23(13-19)35-26/h10-11,13,15,20,22-23H,8-9,12,14H2,1-7H3/b18-11-,19-13+,21-10-/t20-,22+,23-,26-/m0/s1. The van der Waals surface area contributed by atoms with Crippen LogP contribution in [-0.4, -0.2) is 62.0 Å². The van der Waals surface area contributed by atoms with Gasteiger partial charge in [0.1, 0.15) is 18.3 Å². The molecule has 0 bridgehead atoms. The number of esters is 4. The highest BCUT2D eigenvalue weighted by Gasteiger charge is 2.52. The van der Waals surface area contributed by atoms with Crippen LogP contribution in [0.3, 0.4) is 0 Å². The molecule has 1 fully saturated rings. The Morgan fingerprint density at radius 3 is 2.17 bits per heavy atom. The maximum absolute atomic E-state index is 12.7. The zero-order valence-electron chi connectivity index (χ0n) is 21.5. The third kappa shape index (κ3) is 8.06. The van der Waals surface area contributed by atoms with Crippen LogP contribution in [-0.2, 0) is 42.9 Å². The highest BCUT2D eigenvalue weighted by molar-refractivity contribution is 5.90. The topological polar surface area (TPSA) is 118 Å². The molecule has 0 spiro atoms. The third-order valence-electron chi connectivity index (χ3n) is 6.08. The second-order valence-corrected chi connectivity index (χ2v) is 9.27. The van der Waals surface area contributed by atoms with Crippen molar-refractivity contribution in [2.45, 2.75) is 84.2 Å². The van der Waals surface area contributed by atoms with Gasteiger partial charge in [-0.3, -0.25) is 9.59 Å². The van der Waals surface area contributed by atoms with E-state index in [0.29, 0.717) is 12.0 Å². The number of fused-ring (bicyclic) bond motifs is 1. The summed E-state index contributed by atoms with van der Waals surface area (Å²) >= 11 is 0. The van der Waals surface area contributed by atoms with Gasteiger partial charge in [-0.2, -0.15) is 0 Å². The Bertz CT molecular complexity index is 927. The predicted octanol–water partition coefficient (Wildman–Crippen LogP) is 3.36. The van der Waals surface area contributed by atoms with E-state index in [2.05, 4.69) is 0 Å². The molecule has 4 atom stereocenters. The van der Waals surface area contributed by atoms with Crippen LogP contribution in [0.15, 0.2) is 34.9 Å². The van der Waals surface area contributed by atoms with Crippen molar-refractivity contribution in [3.05, 3.63) is 34.9 Å². The second-order valence-electron chi connectivity index (χ2n) is 9.27. The minimum absolute atomic E-state index is 0.0865. The van der Waals surface area contributed by atoms with Gasteiger partial charge in [-0.25, -0.2) is 9.59 Å². The highest BCUT2D eigenvalue weighted by Crippen LogP contribution is 2.44. The average molecular weight is 493 g/mol. The van der Waals surface area contributed by atoms with E-state index in [1.807, 2.05) is 26.8 Å². The molecule has 35 heavy (non-hydrogen) atoms. The summed E-state index contributed by atoms with van der Waals surface area (Å²) in [6.45, 7) is 8.51. The summed E-state index contributed by atoms with van der Waals surface area (Å²) in [6.07, 6.45) is 4.39. The van der Waals surface area contributed by atoms with E-state index in [-0.39, 0.29) is 36.9 Å². The van der Waals surface area contributed by atoms with Crippen molar-refractivity contribution in [3.8, 4) is 0 Å². The first kappa shape index (κ1) is 28.3. The Morgan fingerprint density at radius 2 is 1.63 bits per heavy atom. The highest BCUT2D eigenvalue weighted by atomic mass is 16.6. The first-order valence-corrected chi connectivity index (χ1v) is 11.7. The molecule has 1 aliphatic carbocycles. The SMILES string of the molecule is COC(=O)/C1=C\[C@H](OC(C)=O)C[C@]2(C)O[C@H]2/C=C(/C(C)C)C[C@@H](OC(C)=O)/C(C(=O)OC)=C/CC1. The predicted molar refractivity (Wildman–Crippen MR) is 126 cm³/mol. The molecule has 9 heteroatoms. The molecule has 2 rings (SSSR count). The Hall–Kier alpha value is -2.94. The molecule has 0 aromatic rings. The Kier molecular flexibility index (Phi) is 9.82. The number of epoxide rings is 1. The maximum Gasteiger partial charge on any atom is 0.337 e. The van der Waals surface area contributed by atoms with Gasteiger partial charge in [-0.1, -0.05) is 31.6 Å². The molecule has 0 amide bonds. The molecule has 0 unspecified atom stereocenters. The molecular weight excluding hydrogens is 456 g/mol. The van der Waals surface area contributed by atoms with Crippen LogP contribution < -0.4 is 0 Å². The van der Waals surface area contributed by atoms with Crippen molar-refractivity contribution < 1.29 is 42.9 Å². The first-order valence-electron chi connectivity index (χ1n) is 11.7. The first-order chi connectivity index (χ1) is 16.4. The van der Waals surface area contributed by atoms with Crippen LogP contribution >= 0.6 is 0 Å². The molecule has 1 heterocycles. The van der Waals surface area contributed by atoms with E-state index in [1.165, 1.54) is 28.1 Å². The lowest BCUT2D eigenvalue weighted by molar-refractivity contribution is -0.147. The molecule has 0 radical (unpaired) electrons. The lowest BCUT2D eigenvalue weighted by Gasteiger charge is -2.23. The van der Waals surface area contributed by atoms with Gasteiger partial charge in [0.2, 0.25) is 0 Å². The number of methoxy groups -OCH3 is 2. The van der Waals surface area contributed by atoms with E-state index in [0.717, 1.165) is 5.57 Å². The normalized spacial score (nSPS) is 31.7. The van der Waals surface area contributed by atoms with Crippen molar-refractivity contribution in [3.63, 3.8) is 0 Å². The minimum atomic E-state index is -0.860. The second kappa shape index (κ2) is 12.2. The smallest absolute Gasteiger partial charge is 0.337 e. The van der Waals surface area contributed by atoms with Crippen LogP contribution in [0.1, 0.15) is 60.3 Å². The van der Waals surface area contributed by atoms with E-state index < -0.39 is 41.7 Å². The summed E-state index contributed by atoms with van der Waals surface area (Å²) < 4.78 is 26.9. The summed E-state index contributed by atoms with van der Waals surface area (Å²) in [6, 6.07) is 0. The monoisotopic (exact) mass is 492 g/mol. The third-order valence-corrected chi connectivity index (χ3v) is 6.08. The Labute approximate surface area is 206 Å². The Morgan fingerprint density at radius 1 is 1.00 bits per heavy atom. The van der Waals surface area contributed by atoms with Gasteiger partial charge in [-0.15, -0.1) is 0 Å². The van der Waals surface area contributed by atoms with Gasteiger partial charge in [0, 0.05) is 32.3 Å². The lowest BCUT2D eigenvalue weighted by Crippen LogP contribution is -2.27. The number of allylic oxidation sites excluding steroid dienone is 1. The molecule has 194 valence electrons. The van der Waals surface area contributed by atoms with Crippen LogP contribution in [0.4, 0.5) is 0 Å². The largest absolute Gasteiger partial charge is 0.466 e. The maximum atomic E-state index is 12.7. The van der Waals surface area contributed by atoms with E-state index in [4.69, 9.17) is 23.7 Å². The number of ether oxygens (including phenoxy) is 5. The number of carbonyl (C=O) groups excluding carboxylic acids is 4. The van der Waals surface area contributed by atoms with E-state index >= 15 is 0 Å². The van der Waals surface area contributed by atoms with Gasteiger partial charge < -0.3 is 23.7 Å². The number of carbonyl (C=O) groups is 4. The van der Waals surface area contributed by atoms with E-state index in [1.54, 1.807) is 12.2 Å². The van der Waals surface area contributed by atoms with Crippen LogP contribution in [0, 0.1) is 5.92 Å². The zero-order valence-corrected chi connectivity index (χ0v) is 21.5. The van der Waals surface area contributed by atoms with Crippen molar-refractivity contribution >= 4 is 23.9 Å². The average Bonchev–Trinajstić information content (AvgIpc) is 3.40. The molecule has 1 saturated heterocycles. The van der Waals surface area contributed by atoms with Crippen molar-refractivity contribution in [2.75, 3.05) is 14.2 Å². The van der Waals surface area contributed by atoms with E-state index in [9.17, 15) is 19.2 Å². The van der Waals surface area contributed by atoms with Crippen molar-refractivity contribution in [1.82, 2.24) is 0 Å². The van der Waals surface area contributed by atoms with Crippen molar-refractivity contribution in [1.29, 1.82) is 0 Å². The molecule has 0 saturated carbocycles. The van der Waals surface area contributed by atoms with Gasteiger partial charge in [0.15, 0.2) is 0 Å². The van der Waals surface area contributed by atoms with Crippen LogP contribution in [0.5, 0.6) is 0 Å². The van der Waals surface area contributed by atoms with Gasteiger partial charge in [0.25, 0.3) is 0 Å². The molecule has 0 aromatic heterocycles. The fourth-order valence-electron chi connectivity index (χ4n) is 4.15. The molecule has 0 aromatic carbocycles. The van der Waals surface area contributed by atoms with Crippen LogP contribution in [0.2, 0.25) is 0 Å². The summed E-state index contributed by atoms with van der Waals surface area (Å²) in [5.41, 5.74) is 0.804. The quantitative estimate of drug-likeness (QED) is 0.246. The van der Waals surface area contributed by atoms with Gasteiger partial charge in [0.05, 0.1) is 25.4 Å².